The first-order valence-corrected chi connectivity index (χ1v) is 5.54. The molecule has 0 spiro atoms. The molecule has 82 valence electrons. The Labute approximate surface area is 105 Å². The first-order valence-electron chi connectivity index (χ1n) is 4.37. The molecular weight excluding hydrogens is 293 g/mol. The summed E-state index contributed by atoms with van der Waals surface area (Å²) in [6, 6.07) is 3.35. The summed E-state index contributed by atoms with van der Waals surface area (Å²) in [6.45, 7) is 0. The van der Waals surface area contributed by atoms with E-state index in [1.807, 2.05) is 0 Å². The smallest absolute Gasteiger partial charge is 0.265 e. The number of halogens is 2. The Morgan fingerprint density at radius 3 is 2.94 bits per heavy atom. The zero-order valence-electron chi connectivity index (χ0n) is 8.02. The van der Waals surface area contributed by atoms with Crippen molar-refractivity contribution in [3.63, 3.8) is 0 Å². The van der Waals surface area contributed by atoms with E-state index in [1.54, 1.807) is 29.1 Å². The van der Waals surface area contributed by atoms with Crippen LogP contribution in [0.1, 0.15) is 10.5 Å². The first kappa shape index (κ1) is 11.2. The van der Waals surface area contributed by atoms with Crippen molar-refractivity contribution in [2.45, 2.75) is 0 Å². The zero-order valence-corrected chi connectivity index (χ0v) is 10.4. The van der Waals surface area contributed by atoms with Gasteiger partial charge in [-0.25, -0.2) is 0 Å². The molecule has 0 aromatic carbocycles. The summed E-state index contributed by atoms with van der Waals surface area (Å²) >= 11 is 9.28. The number of hydrogen-bond donors (Lipinski definition) is 1. The zero-order chi connectivity index (χ0) is 11.7. The van der Waals surface area contributed by atoms with Gasteiger partial charge in [-0.05, 0) is 28.1 Å². The van der Waals surface area contributed by atoms with E-state index in [4.69, 9.17) is 17.3 Å². The van der Waals surface area contributed by atoms with E-state index in [0.717, 1.165) is 4.47 Å². The standard InChI is InChI=1S/C10H7BrClN3O/c11-6-3-9(10(13)16)15(5-6)8-1-2-14-4-7(8)12/h1-5H,(H2,13,16). The van der Waals surface area contributed by atoms with Gasteiger partial charge in [0.25, 0.3) is 5.91 Å². The molecule has 0 aliphatic carbocycles. The lowest BCUT2D eigenvalue weighted by molar-refractivity contribution is 0.0994. The average Bonchev–Trinajstić information content (AvgIpc) is 2.61. The molecule has 4 nitrogen and oxygen atoms in total. The minimum Gasteiger partial charge on any atom is -0.364 e. The quantitative estimate of drug-likeness (QED) is 0.925. The Balaban J connectivity index is 2.64. The van der Waals surface area contributed by atoms with Gasteiger partial charge in [0, 0.05) is 23.1 Å². The number of primary amides is 1. The van der Waals surface area contributed by atoms with Gasteiger partial charge in [0.05, 0.1) is 10.7 Å². The molecule has 0 atom stereocenters. The fourth-order valence-corrected chi connectivity index (χ4v) is 2.01. The number of hydrogen-bond acceptors (Lipinski definition) is 2. The summed E-state index contributed by atoms with van der Waals surface area (Å²) < 4.78 is 2.38. The lowest BCUT2D eigenvalue weighted by Gasteiger charge is -2.07. The molecule has 0 aliphatic heterocycles. The van der Waals surface area contributed by atoms with E-state index < -0.39 is 5.91 Å². The third kappa shape index (κ3) is 1.96. The molecule has 2 aromatic heterocycles. The van der Waals surface area contributed by atoms with Gasteiger partial charge in [0.2, 0.25) is 0 Å². The van der Waals surface area contributed by atoms with Crippen LogP contribution in [0.4, 0.5) is 0 Å². The van der Waals surface area contributed by atoms with Crippen LogP contribution in [-0.4, -0.2) is 15.5 Å². The molecule has 0 bridgehead atoms. The predicted molar refractivity (Wildman–Crippen MR) is 64.8 cm³/mol. The summed E-state index contributed by atoms with van der Waals surface area (Å²) in [5, 5.41) is 0.452. The van der Waals surface area contributed by atoms with Crippen molar-refractivity contribution in [1.29, 1.82) is 0 Å². The third-order valence-electron chi connectivity index (χ3n) is 2.05. The highest BCUT2D eigenvalue weighted by atomic mass is 79.9. The average molecular weight is 301 g/mol. The molecule has 2 N–H and O–H groups in total. The Morgan fingerprint density at radius 2 is 2.31 bits per heavy atom. The van der Waals surface area contributed by atoms with E-state index in [0.29, 0.717) is 16.4 Å². The van der Waals surface area contributed by atoms with Crippen LogP contribution in [0, 0.1) is 0 Å². The van der Waals surface area contributed by atoms with E-state index >= 15 is 0 Å². The van der Waals surface area contributed by atoms with Gasteiger partial charge in [-0.1, -0.05) is 11.6 Å². The fourth-order valence-electron chi connectivity index (χ4n) is 1.38. The maximum Gasteiger partial charge on any atom is 0.265 e. The van der Waals surface area contributed by atoms with E-state index in [2.05, 4.69) is 20.9 Å². The minimum atomic E-state index is -0.515. The summed E-state index contributed by atoms with van der Waals surface area (Å²) in [5.74, 6) is -0.515. The number of rotatable bonds is 2. The molecule has 0 fully saturated rings. The van der Waals surface area contributed by atoms with Crippen LogP contribution >= 0.6 is 27.5 Å². The maximum absolute atomic E-state index is 11.2. The monoisotopic (exact) mass is 299 g/mol. The van der Waals surface area contributed by atoms with Crippen molar-refractivity contribution in [2.75, 3.05) is 0 Å². The van der Waals surface area contributed by atoms with Crippen molar-refractivity contribution < 1.29 is 4.79 Å². The number of nitrogens with two attached hydrogens (primary N) is 1. The van der Waals surface area contributed by atoms with Crippen LogP contribution in [0.5, 0.6) is 0 Å². The first-order chi connectivity index (χ1) is 7.59. The normalized spacial score (nSPS) is 10.4. The predicted octanol–water partition coefficient (Wildman–Crippen LogP) is 2.39. The van der Waals surface area contributed by atoms with Gasteiger partial charge < -0.3 is 10.3 Å². The molecule has 0 aliphatic rings. The van der Waals surface area contributed by atoms with Crippen LogP contribution in [0.25, 0.3) is 5.69 Å². The van der Waals surface area contributed by atoms with Crippen LogP contribution in [0.2, 0.25) is 5.02 Å². The van der Waals surface area contributed by atoms with Gasteiger partial charge in [0.15, 0.2) is 0 Å². The molecule has 2 heterocycles. The molecule has 16 heavy (non-hydrogen) atoms. The highest BCUT2D eigenvalue weighted by Gasteiger charge is 2.13. The van der Waals surface area contributed by atoms with Crippen LogP contribution < -0.4 is 5.73 Å². The molecule has 2 rings (SSSR count). The van der Waals surface area contributed by atoms with Gasteiger partial charge in [-0.2, -0.15) is 0 Å². The third-order valence-corrected chi connectivity index (χ3v) is 2.77. The lowest BCUT2D eigenvalue weighted by atomic mass is 10.3. The van der Waals surface area contributed by atoms with Crippen molar-refractivity contribution in [3.8, 4) is 5.69 Å². The Hall–Kier alpha value is -1.33. The van der Waals surface area contributed by atoms with Crippen molar-refractivity contribution >= 4 is 33.4 Å². The Bertz CT molecular complexity index is 553. The topological polar surface area (TPSA) is 60.9 Å². The molecule has 0 saturated heterocycles. The molecule has 2 aromatic rings. The van der Waals surface area contributed by atoms with Crippen LogP contribution in [0.15, 0.2) is 35.2 Å². The Morgan fingerprint density at radius 1 is 1.56 bits per heavy atom. The SMILES string of the molecule is NC(=O)c1cc(Br)cn1-c1ccncc1Cl. The lowest BCUT2D eigenvalue weighted by Crippen LogP contribution is -2.15. The van der Waals surface area contributed by atoms with Crippen molar-refractivity contribution in [3.05, 3.63) is 45.9 Å². The van der Waals surface area contributed by atoms with Crippen LogP contribution in [-0.2, 0) is 0 Å². The second-order valence-electron chi connectivity index (χ2n) is 3.10. The van der Waals surface area contributed by atoms with Crippen LogP contribution in [0.3, 0.4) is 0 Å². The highest BCUT2D eigenvalue weighted by molar-refractivity contribution is 9.10. The molecule has 1 amide bonds. The fraction of sp³-hybridized carbons (Fsp3) is 0. The van der Waals surface area contributed by atoms with Gasteiger partial charge >= 0.3 is 0 Å². The number of amides is 1. The summed E-state index contributed by atoms with van der Waals surface area (Å²) in [7, 11) is 0. The summed E-state index contributed by atoms with van der Waals surface area (Å²) in [4.78, 5) is 15.1. The number of carbonyl (C=O) groups is 1. The molecule has 0 unspecified atom stereocenters. The summed E-state index contributed by atoms with van der Waals surface area (Å²) in [5.41, 5.74) is 6.30. The van der Waals surface area contributed by atoms with E-state index in [9.17, 15) is 4.79 Å². The largest absolute Gasteiger partial charge is 0.364 e. The molecule has 0 radical (unpaired) electrons. The van der Waals surface area contributed by atoms with Gasteiger partial charge in [-0.3, -0.25) is 9.78 Å². The molecule has 0 saturated carbocycles. The van der Waals surface area contributed by atoms with E-state index in [1.165, 1.54) is 6.20 Å². The van der Waals surface area contributed by atoms with Gasteiger partial charge in [0.1, 0.15) is 5.69 Å². The second-order valence-corrected chi connectivity index (χ2v) is 4.43. The number of aromatic nitrogens is 2. The minimum absolute atomic E-state index is 0.361. The number of pyridine rings is 1. The van der Waals surface area contributed by atoms with Crippen molar-refractivity contribution in [2.24, 2.45) is 5.73 Å². The number of carbonyl (C=O) groups excluding carboxylic acids is 1. The molecular formula is C10H7BrClN3O. The Kier molecular flexibility index (Phi) is 2.98. The molecule has 6 heteroatoms. The maximum atomic E-state index is 11.2. The highest BCUT2D eigenvalue weighted by Crippen LogP contribution is 2.24. The summed E-state index contributed by atoms with van der Waals surface area (Å²) in [6.07, 6.45) is 4.83. The van der Waals surface area contributed by atoms with Crippen molar-refractivity contribution in [1.82, 2.24) is 9.55 Å². The second kappa shape index (κ2) is 4.27. The van der Waals surface area contributed by atoms with Gasteiger partial charge in [-0.15, -0.1) is 0 Å². The number of nitrogens with zero attached hydrogens (tertiary/aromatic N) is 2. The van der Waals surface area contributed by atoms with E-state index in [-0.39, 0.29) is 0 Å².